The van der Waals surface area contributed by atoms with Gasteiger partial charge in [-0.15, -0.1) is 5.10 Å². The number of carbonyl (C=O) groups is 1. The predicted octanol–water partition coefficient (Wildman–Crippen LogP) is 3.37. The second-order valence-corrected chi connectivity index (χ2v) is 8.23. The van der Waals surface area contributed by atoms with Crippen LogP contribution in [0.1, 0.15) is 0 Å². The van der Waals surface area contributed by atoms with E-state index < -0.39 is 17.5 Å². The first-order valence-corrected chi connectivity index (χ1v) is 11.2. The fourth-order valence-electron chi connectivity index (χ4n) is 3.37. The van der Waals surface area contributed by atoms with E-state index in [1.807, 2.05) is 0 Å². The summed E-state index contributed by atoms with van der Waals surface area (Å²) < 4.78 is 30.4. The number of halogens is 2. The molecule has 0 bridgehead atoms. The maximum atomic E-state index is 14.3. The Kier molecular flexibility index (Phi) is 6.02. The normalized spacial score (nSPS) is 11.0. The molecule has 0 saturated carbocycles. The molecule has 1 N–H and O–H groups in total. The lowest BCUT2D eigenvalue weighted by Gasteiger charge is -2.13. The lowest BCUT2D eigenvalue weighted by atomic mass is 10.2. The van der Waals surface area contributed by atoms with E-state index >= 15 is 0 Å². The molecule has 0 radical (unpaired) electrons. The number of tetrazole rings is 1. The van der Waals surface area contributed by atoms with Crippen LogP contribution >= 0.6 is 11.8 Å². The van der Waals surface area contributed by atoms with Gasteiger partial charge in [-0.05, 0) is 65.0 Å². The summed E-state index contributed by atoms with van der Waals surface area (Å²) in [4.78, 5) is 30.4. The second-order valence-electron chi connectivity index (χ2n) is 7.28. The fourth-order valence-corrected chi connectivity index (χ4v) is 4.19. The molecule has 5 rings (SSSR count). The topological polar surface area (TPSA) is 108 Å². The maximum absolute atomic E-state index is 14.3. The summed E-state index contributed by atoms with van der Waals surface area (Å²) in [6, 6.07) is 16.2. The lowest BCUT2D eigenvalue weighted by Crippen LogP contribution is -2.23. The molecular weight excluding hydrogens is 476 g/mol. The highest BCUT2D eigenvalue weighted by Crippen LogP contribution is 2.23. The fraction of sp³-hybridized carbons (Fsp3) is 0.0435. The number of aromatic nitrogens is 6. The molecule has 12 heteroatoms. The van der Waals surface area contributed by atoms with Gasteiger partial charge < -0.3 is 5.32 Å². The van der Waals surface area contributed by atoms with Crippen LogP contribution in [0.3, 0.4) is 0 Å². The molecule has 174 valence electrons. The average Bonchev–Trinajstić information content (AvgIpc) is 3.40. The number of rotatable bonds is 6. The number of nitrogens with one attached hydrogen (secondary N) is 1. The van der Waals surface area contributed by atoms with Crippen molar-refractivity contribution in [3.8, 4) is 11.4 Å². The second kappa shape index (κ2) is 9.43. The molecule has 0 atom stereocenters. The van der Waals surface area contributed by atoms with E-state index in [4.69, 9.17) is 0 Å². The lowest BCUT2D eigenvalue weighted by molar-refractivity contribution is -0.113. The Morgan fingerprint density at radius 2 is 1.77 bits per heavy atom. The molecule has 0 aliphatic carbocycles. The zero-order chi connectivity index (χ0) is 24.4. The van der Waals surface area contributed by atoms with Gasteiger partial charge in [-0.2, -0.15) is 0 Å². The Labute approximate surface area is 200 Å². The van der Waals surface area contributed by atoms with E-state index in [-0.39, 0.29) is 22.2 Å². The molecule has 9 nitrogen and oxygen atoms in total. The number of benzene rings is 3. The number of thioether (sulfide) groups is 1. The van der Waals surface area contributed by atoms with Crippen LogP contribution in [0.4, 0.5) is 14.5 Å². The molecule has 35 heavy (non-hydrogen) atoms. The Morgan fingerprint density at radius 3 is 2.54 bits per heavy atom. The number of amides is 1. The third kappa shape index (κ3) is 4.64. The van der Waals surface area contributed by atoms with Crippen molar-refractivity contribution in [2.45, 2.75) is 5.16 Å². The molecule has 5 aromatic rings. The minimum absolute atomic E-state index is 0.0500. The van der Waals surface area contributed by atoms with Crippen molar-refractivity contribution in [1.82, 2.24) is 29.8 Å². The van der Waals surface area contributed by atoms with Crippen molar-refractivity contribution in [2.24, 2.45) is 0 Å². The Bertz CT molecular complexity index is 1590. The molecule has 0 aliphatic heterocycles. The highest BCUT2D eigenvalue weighted by Gasteiger charge is 2.16. The summed E-state index contributed by atoms with van der Waals surface area (Å²) in [5, 5.41) is 13.9. The van der Waals surface area contributed by atoms with E-state index in [1.54, 1.807) is 24.3 Å². The SMILES string of the molecule is O=C(CSc1nc2ccccc2c(=O)n1-c1ccc(F)cc1)Nc1cc(-n2cnnn2)ccc1F. The summed E-state index contributed by atoms with van der Waals surface area (Å²) in [5.41, 5.74) is 0.911. The number of carbonyl (C=O) groups excluding carboxylic acids is 1. The zero-order valence-corrected chi connectivity index (χ0v) is 18.6. The van der Waals surface area contributed by atoms with Crippen LogP contribution < -0.4 is 10.9 Å². The predicted molar refractivity (Wildman–Crippen MR) is 126 cm³/mol. The Morgan fingerprint density at radius 1 is 1.00 bits per heavy atom. The molecule has 0 aliphatic rings. The smallest absolute Gasteiger partial charge is 0.266 e. The van der Waals surface area contributed by atoms with E-state index in [0.717, 1.165) is 11.8 Å². The molecule has 2 heterocycles. The van der Waals surface area contributed by atoms with Crippen molar-refractivity contribution in [3.63, 3.8) is 0 Å². The summed E-state index contributed by atoms with van der Waals surface area (Å²) in [5.74, 6) is -1.77. The maximum Gasteiger partial charge on any atom is 0.266 e. The van der Waals surface area contributed by atoms with Gasteiger partial charge in [0.05, 0.1) is 33.7 Å². The van der Waals surface area contributed by atoms with Crippen LogP contribution in [0.2, 0.25) is 0 Å². The van der Waals surface area contributed by atoms with Crippen molar-refractivity contribution >= 4 is 34.3 Å². The van der Waals surface area contributed by atoms with Gasteiger partial charge in [-0.3, -0.25) is 14.2 Å². The zero-order valence-electron chi connectivity index (χ0n) is 17.8. The van der Waals surface area contributed by atoms with Crippen LogP contribution in [-0.2, 0) is 4.79 Å². The molecule has 0 saturated heterocycles. The highest BCUT2D eigenvalue weighted by atomic mass is 32.2. The van der Waals surface area contributed by atoms with Crippen LogP contribution in [0.25, 0.3) is 22.3 Å². The van der Waals surface area contributed by atoms with Crippen molar-refractivity contribution in [2.75, 3.05) is 11.1 Å². The molecular formula is C23H15F2N7O2S. The van der Waals surface area contributed by atoms with E-state index in [9.17, 15) is 18.4 Å². The summed E-state index contributed by atoms with van der Waals surface area (Å²) >= 11 is 0.996. The number of hydrogen-bond donors (Lipinski definition) is 1. The molecule has 3 aromatic carbocycles. The monoisotopic (exact) mass is 491 g/mol. The standard InChI is InChI=1S/C23H15F2N7O2S/c24-14-5-7-15(8-6-14)32-22(34)17-3-1-2-4-19(17)28-23(32)35-12-21(33)27-20-11-16(9-10-18(20)25)31-13-26-29-30-31/h1-11,13H,12H2,(H,27,33). The number of hydrogen-bond acceptors (Lipinski definition) is 7. The Hall–Kier alpha value is -4.45. The van der Waals surface area contributed by atoms with Crippen LogP contribution in [0, 0.1) is 11.6 Å². The molecule has 2 aromatic heterocycles. The van der Waals surface area contributed by atoms with Gasteiger partial charge in [0.1, 0.15) is 18.0 Å². The number of para-hydroxylation sites is 1. The minimum Gasteiger partial charge on any atom is -0.323 e. The van der Waals surface area contributed by atoms with Crippen molar-refractivity contribution < 1.29 is 13.6 Å². The van der Waals surface area contributed by atoms with Crippen molar-refractivity contribution in [3.05, 3.63) is 95.0 Å². The first kappa shape index (κ1) is 22.3. The first-order chi connectivity index (χ1) is 17.0. The first-order valence-electron chi connectivity index (χ1n) is 10.2. The summed E-state index contributed by atoms with van der Waals surface area (Å²) in [6.07, 6.45) is 1.34. The molecule has 0 unspecified atom stereocenters. The number of nitrogens with zero attached hydrogens (tertiary/aromatic N) is 6. The molecule has 1 amide bonds. The van der Waals surface area contributed by atoms with Gasteiger partial charge in [-0.25, -0.2) is 18.4 Å². The van der Waals surface area contributed by atoms with Gasteiger partial charge in [0.15, 0.2) is 5.16 Å². The molecule has 0 spiro atoms. The third-order valence-electron chi connectivity index (χ3n) is 5.00. The third-order valence-corrected chi connectivity index (χ3v) is 5.94. The minimum atomic E-state index is -0.632. The van der Waals surface area contributed by atoms with E-state index in [0.29, 0.717) is 22.3 Å². The largest absolute Gasteiger partial charge is 0.323 e. The van der Waals surface area contributed by atoms with E-state index in [2.05, 4.69) is 25.8 Å². The average molecular weight is 491 g/mol. The number of anilines is 1. The Balaban J connectivity index is 1.43. The van der Waals surface area contributed by atoms with Crippen LogP contribution in [-0.4, -0.2) is 41.4 Å². The van der Waals surface area contributed by atoms with Crippen LogP contribution in [0.5, 0.6) is 0 Å². The van der Waals surface area contributed by atoms with Gasteiger partial charge in [-0.1, -0.05) is 23.9 Å². The molecule has 0 fully saturated rings. The van der Waals surface area contributed by atoms with Crippen LogP contribution in [0.15, 0.2) is 83.0 Å². The van der Waals surface area contributed by atoms with E-state index in [1.165, 1.54) is 58.0 Å². The van der Waals surface area contributed by atoms with Gasteiger partial charge >= 0.3 is 0 Å². The van der Waals surface area contributed by atoms with Gasteiger partial charge in [0.2, 0.25) is 5.91 Å². The van der Waals surface area contributed by atoms with Crippen molar-refractivity contribution in [1.29, 1.82) is 0 Å². The summed E-state index contributed by atoms with van der Waals surface area (Å²) in [6.45, 7) is 0. The quantitative estimate of drug-likeness (QED) is 0.287. The highest BCUT2D eigenvalue weighted by molar-refractivity contribution is 7.99. The summed E-state index contributed by atoms with van der Waals surface area (Å²) in [7, 11) is 0. The number of fused-ring (bicyclic) bond motifs is 1. The van der Waals surface area contributed by atoms with Gasteiger partial charge in [0.25, 0.3) is 5.56 Å². The van der Waals surface area contributed by atoms with Gasteiger partial charge in [0, 0.05) is 0 Å².